The van der Waals surface area contributed by atoms with Gasteiger partial charge in [0.25, 0.3) is 0 Å². The van der Waals surface area contributed by atoms with Gasteiger partial charge >= 0.3 is 0 Å². The van der Waals surface area contributed by atoms with Gasteiger partial charge in [-0.2, -0.15) is 0 Å². The first-order valence-electron chi connectivity index (χ1n) is 20.0. The Kier molecular flexibility index (Phi) is 8.79. The molecule has 2 unspecified atom stereocenters. The van der Waals surface area contributed by atoms with Gasteiger partial charge in [0.05, 0.1) is 31.0 Å². The topological polar surface area (TPSA) is 116 Å². The molecule has 51 heavy (non-hydrogen) atoms. The lowest BCUT2D eigenvalue weighted by Gasteiger charge is -2.61. The molecule has 16 atom stereocenters. The molecule has 8 saturated heterocycles. The Bertz CT molecular complexity index is 1350. The highest BCUT2D eigenvalue weighted by atomic mass is 17.3. The number of hydrogen-bond donors (Lipinski definition) is 1. The van der Waals surface area contributed by atoms with Crippen molar-refractivity contribution in [1.82, 2.24) is 4.98 Å². The molecule has 284 valence electrons. The van der Waals surface area contributed by atoms with E-state index in [1.807, 2.05) is 26.0 Å². The minimum Gasteiger partial charge on any atom is -0.387 e. The highest BCUT2D eigenvalue weighted by Crippen LogP contribution is 2.63. The molecule has 2 spiro atoms. The second kappa shape index (κ2) is 12.6. The largest absolute Gasteiger partial charge is 0.387 e. The average Bonchev–Trinajstić information content (AvgIpc) is 3.48. The number of pyridine rings is 1. The predicted molar refractivity (Wildman–Crippen MR) is 182 cm³/mol. The fraction of sp³-hybridized carbons (Fsp3) is 0.875. The molecule has 2 saturated carbocycles. The number of rotatable bonds is 8. The average molecular weight is 714 g/mol. The van der Waals surface area contributed by atoms with E-state index in [2.05, 4.69) is 32.7 Å². The first-order chi connectivity index (χ1) is 24.4. The van der Waals surface area contributed by atoms with E-state index in [1.165, 1.54) is 0 Å². The highest BCUT2D eigenvalue weighted by Gasteiger charge is 2.71. The van der Waals surface area contributed by atoms with E-state index in [-0.39, 0.29) is 54.3 Å². The minimum atomic E-state index is -1.27. The third kappa shape index (κ3) is 5.62. The van der Waals surface area contributed by atoms with Gasteiger partial charge in [-0.1, -0.05) is 27.7 Å². The van der Waals surface area contributed by atoms with Crippen LogP contribution in [0, 0.1) is 47.3 Å². The van der Waals surface area contributed by atoms with Crippen LogP contribution in [0.5, 0.6) is 0 Å². The fourth-order valence-electron chi connectivity index (χ4n) is 12.2. The van der Waals surface area contributed by atoms with E-state index in [0.717, 1.165) is 56.9 Å². The Morgan fingerprint density at radius 1 is 0.706 bits per heavy atom. The molecule has 1 aromatic rings. The Balaban J connectivity index is 1.01. The van der Waals surface area contributed by atoms with Crippen molar-refractivity contribution in [3.05, 3.63) is 30.1 Å². The minimum absolute atomic E-state index is 0.0950. The molecule has 2 aliphatic carbocycles. The zero-order chi connectivity index (χ0) is 35.4. The van der Waals surface area contributed by atoms with Crippen LogP contribution < -0.4 is 0 Å². The Morgan fingerprint density at radius 2 is 1.20 bits per heavy atom. The Morgan fingerprint density at radius 3 is 1.69 bits per heavy atom. The summed E-state index contributed by atoms with van der Waals surface area (Å²) in [6, 6.07) is 3.89. The molecule has 0 amide bonds. The smallest absolute Gasteiger partial charge is 0.201 e. The van der Waals surface area contributed by atoms with Gasteiger partial charge in [0.2, 0.25) is 11.6 Å². The summed E-state index contributed by atoms with van der Waals surface area (Å²) >= 11 is 0. The van der Waals surface area contributed by atoms with Gasteiger partial charge in [0.1, 0.15) is 0 Å². The first-order valence-corrected chi connectivity index (χ1v) is 20.0. The fourth-order valence-corrected chi connectivity index (χ4v) is 12.2. The summed E-state index contributed by atoms with van der Waals surface area (Å²) in [6.45, 7) is 13.6. The molecule has 8 aliphatic heterocycles. The van der Waals surface area contributed by atoms with Gasteiger partial charge in [-0.05, 0) is 106 Å². The number of aromatic nitrogens is 1. The molecule has 0 aromatic carbocycles. The summed E-state index contributed by atoms with van der Waals surface area (Å²) < 4.78 is 33.8. The van der Waals surface area contributed by atoms with Crippen LogP contribution in [0.4, 0.5) is 0 Å². The molecule has 11 rings (SSSR count). The van der Waals surface area contributed by atoms with E-state index in [9.17, 15) is 5.11 Å². The second-order valence-corrected chi connectivity index (χ2v) is 18.4. The first kappa shape index (κ1) is 35.5. The van der Waals surface area contributed by atoms with Gasteiger partial charge in [0.15, 0.2) is 23.8 Å². The lowest BCUT2D eigenvalue weighted by Crippen LogP contribution is -2.71. The molecule has 11 nitrogen and oxygen atoms in total. The van der Waals surface area contributed by atoms with Crippen LogP contribution >= 0.6 is 0 Å². The molecule has 11 heteroatoms. The Labute approximate surface area is 302 Å². The van der Waals surface area contributed by atoms with Crippen molar-refractivity contribution in [2.75, 3.05) is 6.61 Å². The maximum absolute atomic E-state index is 12.9. The zero-order valence-corrected chi connectivity index (χ0v) is 31.3. The molecular formula is C40H59NO10. The second-order valence-electron chi connectivity index (χ2n) is 18.4. The lowest BCUT2D eigenvalue weighted by atomic mass is 9.56. The molecule has 0 radical (unpaired) electrons. The number of nitrogens with zero attached hydrogens (tertiary/aromatic N) is 1. The van der Waals surface area contributed by atoms with Crippen LogP contribution in [0.25, 0.3) is 0 Å². The predicted octanol–water partition coefficient (Wildman–Crippen LogP) is 6.61. The Hall–Kier alpha value is -1.25. The summed E-state index contributed by atoms with van der Waals surface area (Å²) in [7, 11) is 0. The van der Waals surface area contributed by atoms with Gasteiger partial charge in [-0.3, -0.25) is 4.98 Å². The molecule has 9 heterocycles. The summed E-state index contributed by atoms with van der Waals surface area (Å²) in [5.41, 5.74) is -1.57. The van der Waals surface area contributed by atoms with Gasteiger partial charge in [-0.25, -0.2) is 19.6 Å². The van der Waals surface area contributed by atoms with E-state index >= 15 is 0 Å². The summed E-state index contributed by atoms with van der Waals surface area (Å²) in [4.78, 5) is 29.1. The summed E-state index contributed by atoms with van der Waals surface area (Å²) in [5.74, 6) is 0.350. The normalized spacial score (nSPS) is 52.6. The van der Waals surface area contributed by atoms with Crippen molar-refractivity contribution < 1.29 is 48.3 Å². The molecule has 1 N–H and O–H groups in total. The number of hydrogen-bond acceptors (Lipinski definition) is 11. The van der Waals surface area contributed by atoms with Crippen LogP contribution in [0.1, 0.15) is 111 Å². The van der Waals surface area contributed by atoms with Gasteiger partial charge < -0.3 is 28.8 Å². The number of aliphatic hydroxyl groups is 1. The quantitative estimate of drug-likeness (QED) is 0.294. The molecule has 4 bridgehead atoms. The van der Waals surface area contributed by atoms with Crippen LogP contribution in [0.15, 0.2) is 24.5 Å². The highest BCUT2D eigenvalue weighted by molar-refractivity contribution is 5.13. The van der Waals surface area contributed by atoms with Crippen LogP contribution in [0.2, 0.25) is 0 Å². The maximum Gasteiger partial charge on any atom is 0.201 e. The molecule has 10 aliphatic rings. The van der Waals surface area contributed by atoms with E-state index in [0.29, 0.717) is 31.3 Å². The van der Waals surface area contributed by atoms with Crippen LogP contribution in [-0.2, 0) is 49.8 Å². The van der Waals surface area contributed by atoms with Gasteiger partial charge in [-0.15, -0.1) is 0 Å². The van der Waals surface area contributed by atoms with Crippen LogP contribution in [0.3, 0.4) is 0 Å². The monoisotopic (exact) mass is 713 g/mol. The zero-order valence-electron chi connectivity index (χ0n) is 31.3. The van der Waals surface area contributed by atoms with E-state index in [4.69, 9.17) is 43.2 Å². The summed E-state index contributed by atoms with van der Waals surface area (Å²) in [5, 5.41) is 12.9. The van der Waals surface area contributed by atoms with Crippen molar-refractivity contribution in [3.8, 4) is 0 Å². The lowest BCUT2D eigenvalue weighted by molar-refractivity contribution is -0.572. The number of fused-ring (bicyclic) bond motifs is 4. The SMILES string of the molecule is C[C@@H]1CC[C@H]2[C@@H](C)C(CC(O)(COCc3ccncc3)CC3O[C@@H]4O[C@]5(C)CC[C@H]6[C@H](C)CC[C@@H]([C@H]3C)[C@@]46OO5)O[C@@H]3O[C@]4(C)CC[C@@H]1[C@]32OO4. The van der Waals surface area contributed by atoms with E-state index in [1.54, 1.807) is 12.4 Å². The van der Waals surface area contributed by atoms with E-state index < -0.39 is 41.0 Å². The molecule has 1 aromatic heterocycles. The maximum atomic E-state index is 12.9. The molecular weight excluding hydrogens is 654 g/mol. The van der Waals surface area contributed by atoms with Crippen molar-refractivity contribution in [2.45, 2.75) is 166 Å². The number of ether oxygens (including phenoxy) is 5. The molecule has 10 fully saturated rings. The third-order valence-electron chi connectivity index (χ3n) is 15.1. The standard InChI is InChI=1S/C40H59NO10/c1-23-7-9-30-25(3)32(44-34-39(30)28(23)11-15-36(5,46-34)48-50-39)19-38(42,22-43-21-27-13-17-41-18-14-27)20-33-26(4)31-10-8-24(2)29-12-16-37(6)47-35(45-33)40(29,31)51-49-37/h13-14,17-18,23-26,28-35,42H,7-12,15-16,19-22H2,1-6H3/t23-,24-,25-,26-,28+,29+,30+,31+,32?,33?,34-,35-,36+,37+,38?,39-,40-/m1/s1. The van der Waals surface area contributed by atoms with Crippen LogP contribution in [-0.4, -0.2) is 69.9 Å². The third-order valence-corrected chi connectivity index (χ3v) is 15.1. The van der Waals surface area contributed by atoms with Gasteiger partial charge in [0, 0.05) is 49.9 Å². The summed E-state index contributed by atoms with van der Waals surface area (Å²) in [6.07, 6.45) is 10.3. The van der Waals surface area contributed by atoms with Crippen molar-refractivity contribution in [1.29, 1.82) is 0 Å². The van der Waals surface area contributed by atoms with Crippen molar-refractivity contribution >= 4 is 0 Å². The van der Waals surface area contributed by atoms with Crippen molar-refractivity contribution in [2.24, 2.45) is 47.3 Å². The van der Waals surface area contributed by atoms with Crippen molar-refractivity contribution in [3.63, 3.8) is 0 Å².